The first-order valence-electron chi connectivity index (χ1n) is 3.54. The summed E-state index contributed by atoms with van der Waals surface area (Å²) in [6.07, 6.45) is 0.513. The van der Waals surface area contributed by atoms with Crippen LogP contribution in [0.3, 0.4) is 0 Å². The largest absolute Gasteiger partial charge is 0.352 e. The molecule has 1 N–H and O–H groups in total. The van der Waals surface area contributed by atoms with E-state index in [1.807, 2.05) is 6.92 Å². The van der Waals surface area contributed by atoms with Gasteiger partial charge in [-0.1, -0.05) is 18.5 Å². The number of hydrogen-bond donors (Lipinski definition) is 1. The van der Waals surface area contributed by atoms with Crippen molar-refractivity contribution in [3.8, 4) is 0 Å². The average molecular weight is 199 g/mol. The Kier molecular flexibility index (Phi) is 3.00. The lowest BCUT2D eigenvalue weighted by Gasteiger charge is -2.26. The van der Waals surface area contributed by atoms with Gasteiger partial charge in [0.25, 0.3) is 0 Å². The van der Waals surface area contributed by atoms with E-state index in [-0.39, 0.29) is 6.35 Å². The summed E-state index contributed by atoms with van der Waals surface area (Å²) in [7, 11) is 1.59. The van der Waals surface area contributed by atoms with Crippen LogP contribution in [0.25, 0.3) is 0 Å². The van der Waals surface area contributed by atoms with Crippen molar-refractivity contribution in [2.24, 2.45) is 0 Å². The molecule has 0 spiro atoms. The highest BCUT2D eigenvalue weighted by Crippen LogP contribution is 2.32. The van der Waals surface area contributed by atoms with E-state index in [9.17, 15) is 0 Å². The molecule has 1 saturated heterocycles. The quantitative estimate of drug-likeness (QED) is 0.412. The Morgan fingerprint density at radius 1 is 1.82 bits per heavy atom. The van der Waals surface area contributed by atoms with Crippen molar-refractivity contribution in [2.75, 3.05) is 13.7 Å². The molecule has 0 saturated carbocycles. The van der Waals surface area contributed by atoms with Crippen LogP contribution in [0, 0.1) is 0 Å². The molecule has 1 aliphatic heterocycles. The van der Waals surface area contributed by atoms with Gasteiger partial charge in [-0.3, -0.25) is 5.32 Å². The smallest absolute Gasteiger partial charge is 0.180 e. The number of ether oxygens (including phenoxy) is 1. The van der Waals surface area contributed by atoms with E-state index in [2.05, 4.69) is 5.32 Å². The number of hydrogen-bond acceptors (Lipinski definition) is 3. The van der Waals surface area contributed by atoms with Gasteiger partial charge in [-0.2, -0.15) is 4.42 Å². The van der Waals surface area contributed by atoms with E-state index in [1.54, 1.807) is 7.11 Å². The van der Waals surface area contributed by atoms with Crippen LogP contribution in [0.1, 0.15) is 13.3 Å². The van der Waals surface area contributed by atoms with Gasteiger partial charge in [0.2, 0.25) is 0 Å². The van der Waals surface area contributed by atoms with Gasteiger partial charge in [-0.15, -0.1) is 0 Å². The Morgan fingerprint density at radius 2 is 2.45 bits per heavy atom. The Bertz CT molecular complexity index is 147. The molecule has 1 heterocycles. The fourth-order valence-corrected chi connectivity index (χ4v) is 1.56. The summed E-state index contributed by atoms with van der Waals surface area (Å²) in [4.78, 5) is -0.498. The van der Waals surface area contributed by atoms with Gasteiger partial charge in [-0.25, -0.2) is 0 Å². The topological polar surface area (TPSA) is 24.5 Å². The highest BCUT2D eigenvalue weighted by molar-refractivity contribution is 6.28. The first kappa shape index (κ1) is 9.55. The third-order valence-electron chi connectivity index (χ3n) is 1.90. The van der Waals surface area contributed by atoms with Crippen LogP contribution >= 0.6 is 23.4 Å². The number of nitrogens with zero attached hydrogens (tertiary/aromatic N) is 1. The summed E-state index contributed by atoms with van der Waals surface area (Å²) in [6.45, 7) is 2.63. The second-order valence-corrected chi connectivity index (χ2v) is 3.62. The molecular weight excluding hydrogens is 187 g/mol. The minimum atomic E-state index is -0.498. The Hall–Kier alpha value is 0.460. The molecule has 2 unspecified atom stereocenters. The first-order chi connectivity index (χ1) is 5.14. The molecule has 0 aliphatic carbocycles. The third kappa shape index (κ3) is 1.63. The van der Waals surface area contributed by atoms with Crippen molar-refractivity contribution in [1.29, 1.82) is 0 Å². The van der Waals surface area contributed by atoms with E-state index in [0.717, 1.165) is 6.42 Å². The van der Waals surface area contributed by atoms with E-state index in [1.165, 1.54) is 4.42 Å². The summed E-state index contributed by atoms with van der Waals surface area (Å²) >= 11 is 12.0. The maximum atomic E-state index is 6.13. The highest BCUT2D eigenvalue weighted by Gasteiger charge is 2.43. The summed E-state index contributed by atoms with van der Waals surface area (Å²) in [5.74, 6) is 0. The van der Waals surface area contributed by atoms with Gasteiger partial charge in [0, 0.05) is 13.7 Å². The van der Waals surface area contributed by atoms with Crippen LogP contribution in [-0.4, -0.2) is 29.4 Å². The van der Waals surface area contributed by atoms with E-state index in [4.69, 9.17) is 28.1 Å². The number of rotatable bonds is 2. The molecule has 5 heteroatoms. The standard InChI is InChI=1S/C6H12Cl2N2O/c1-3-6(7)4-9-5(11-2)10(6)8/h5,9H,3-4H2,1-2H3. The van der Waals surface area contributed by atoms with Gasteiger partial charge in [-0.05, 0) is 18.2 Å². The summed E-state index contributed by atoms with van der Waals surface area (Å²) in [6, 6.07) is 0. The lowest BCUT2D eigenvalue weighted by Crippen LogP contribution is -2.38. The maximum Gasteiger partial charge on any atom is 0.180 e. The van der Waals surface area contributed by atoms with Gasteiger partial charge < -0.3 is 4.74 Å². The molecule has 1 aliphatic rings. The number of alkyl halides is 1. The van der Waals surface area contributed by atoms with Crippen molar-refractivity contribution in [3.63, 3.8) is 0 Å². The normalized spacial score (nSPS) is 39.8. The first-order valence-corrected chi connectivity index (χ1v) is 4.26. The van der Waals surface area contributed by atoms with Gasteiger partial charge in [0.1, 0.15) is 5.00 Å². The second-order valence-electron chi connectivity index (χ2n) is 2.55. The zero-order valence-corrected chi connectivity index (χ0v) is 8.11. The third-order valence-corrected chi connectivity index (χ3v) is 3.07. The fraction of sp³-hybridized carbons (Fsp3) is 1.00. The number of nitrogens with one attached hydrogen (secondary N) is 1. The molecule has 66 valence electrons. The van der Waals surface area contributed by atoms with Crippen LogP contribution in [0.5, 0.6) is 0 Å². The molecule has 0 amide bonds. The van der Waals surface area contributed by atoms with Crippen LogP contribution in [0.2, 0.25) is 0 Å². The van der Waals surface area contributed by atoms with Gasteiger partial charge >= 0.3 is 0 Å². The molecule has 11 heavy (non-hydrogen) atoms. The summed E-state index contributed by atoms with van der Waals surface area (Å²) < 4.78 is 6.50. The van der Waals surface area contributed by atoms with E-state index >= 15 is 0 Å². The molecular formula is C6H12Cl2N2O. The minimum absolute atomic E-state index is 0.269. The van der Waals surface area contributed by atoms with Crippen LogP contribution < -0.4 is 5.32 Å². The van der Waals surface area contributed by atoms with Crippen molar-refractivity contribution in [2.45, 2.75) is 24.7 Å². The Morgan fingerprint density at radius 3 is 2.73 bits per heavy atom. The fourth-order valence-electron chi connectivity index (χ4n) is 1.06. The summed E-state index contributed by atoms with van der Waals surface area (Å²) in [5, 5.41) is 3.04. The predicted molar refractivity (Wildman–Crippen MR) is 45.4 cm³/mol. The monoisotopic (exact) mass is 198 g/mol. The zero-order chi connectivity index (χ0) is 8.48. The molecule has 0 aromatic heterocycles. The van der Waals surface area contributed by atoms with Crippen molar-refractivity contribution in [1.82, 2.24) is 9.74 Å². The lowest BCUT2D eigenvalue weighted by molar-refractivity contribution is 0.0106. The molecule has 0 bridgehead atoms. The SMILES string of the molecule is CCC1(Cl)CNC(OC)N1Cl. The minimum Gasteiger partial charge on any atom is -0.352 e. The zero-order valence-electron chi connectivity index (χ0n) is 6.60. The molecule has 0 aromatic carbocycles. The Labute approximate surface area is 76.7 Å². The molecule has 0 radical (unpaired) electrons. The highest BCUT2D eigenvalue weighted by atomic mass is 35.5. The molecule has 1 fully saturated rings. The van der Waals surface area contributed by atoms with Crippen LogP contribution in [-0.2, 0) is 4.74 Å². The molecule has 2 atom stereocenters. The average Bonchev–Trinajstić information content (AvgIpc) is 2.31. The van der Waals surface area contributed by atoms with E-state index in [0.29, 0.717) is 6.54 Å². The van der Waals surface area contributed by atoms with E-state index < -0.39 is 5.00 Å². The summed E-state index contributed by atoms with van der Waals surface area (Å²) in [5.41, 5.74) is 0. The van der Waals surface area contributed by atoms with Crippen LogP contribution in [0.15, 0.2) is 0 Å². The van der Waals surface area contributed by atoms with Crippen molar-refractivity contribution < 1.29 is 4.74 Å². The van der Waals surface area contributed by atoms with Gasteiger partial charge in [0.05, 0.1) is 0 Å². The number of halogens is 2. The molecule has 3 nitrogen and oxygen atoms in total. The molecule has 1 rings (SSSR count). The van der Waals surface area contributed by atoms with Crippen molar-refractivity contribution >= 4 is 23.4 Å². The lowest BCUT2D eigenvalue weighted by atomic mass is 10.2. The predicted octanol–water partition coefficient (Wildman–Crippen LogP) is 1.32. The van der Waals surface area contributed by atoms with Gasteiger partial charge in [0.15, 0.2) is 6.35 Å². The second kappa shape index (κ2) is 3.46. The maximum absolute atomic E-state index is 6.13. The van der Waals surface area contributed by atoms with Crippen molar-refractivity contribution in [3.05, 3.63) is 0 Å². The Balaban J connectivity index is 2.61. The number of methoxy groups -OCH3 is 1. The van der Waals surface area contributed by atoms with Crippen LogP contribution in [0.4, 0.5) is 0 Å². The molecule has 0 aromatic rings.